The van der Waals surface area contributed by atoms with Crippen molar-refractivity contribution in [1.82, 2.24) is 14.9 Å². The zero-order valence-corrected chi connectivity index (χ0v) is 15.6. The summed E-state index contributed by atoms with van der Waals surface area (Å²) in [5, 5.41) is 0. The maximum Gasteiger partial charge on any atom is 0.254 e. The number of amides is 1. The van der Waals surface area contributed by atoms with E-state index in [9.17, 15) is 4.79 Å². The SMILES string of the molecule is Cc1nc(-c2ccc(C(=O)N3CCO[C@@H](c4ccccc4)C3)cc2)c(C)[nH]1. The van der Waals surface area contributed by atoms with E-state index in [1.54, 1.807) is 0 Å². The second kappa shape index (κ2) is 7.37. The van der Waals surface area contributed by atoms with E-state index in [-0.39, 0.29) is 12.0 Å². The molecule has 3 aromatic rings. The fourth-order valence-corrected chi connectivity index (χ4v) is 3.55. The molecule has 4 rings (SSSR count). The molecule has 1 N–H and O–H groups in total. The Hall–Kier alpha value is -2.92. The van der Waals surface area contributed by atoms with Crippen molar-refractivity contribution in [2.75, 3.05) is 19.7 Å². The van der Waals surface area contributed by atoms with E-state index < -0.39 is 0 Å². The van der Waals surface area contributed by atoms with Crippen molar-refractivity contribution >= 4 is 5.91 Å². The highest BCUT2D eigenvalue weighted by Crippen LogP contribution is 2.25. The van der Waals surface area contributed by atoms with Gasteiger partial charge in [0, 0.05) is 23.4 Å². The van der Waals surface area contributed by atoms with Gasteiger partial charge in [0.25, 0.3) is 5.91 Å². The molecule has 138 valence electrons. The third-order valence-electron chi connectivity index (χ3n) is 4.93. The quantitative estimate of drug-likeness (QED) is 0.769. The van der Waals surface area contributed by atoms with Gasteiger partial charge in [0.15, 0.2) is 0 Å². The summed E-state index contributed by atoms with van der Waals surface area (Å²) in [6, 6.07) is 17.8. The summed E-state index contributed by atoms with van der Waals surface area (Å²) in [7, 11) is 0. The molecule has 0 unspecified atom stereocenters. The number of rotatable bonds is 3. The van der Waals surface area contributed by atoms with Crippen molar-refractivity contribution in [2.24, 2.45) is 0 Å². The Kier molecular flexibility index (Phi) is 4.77. The number of imidazole rings is 1. The van der Waals surface area contributed by atoms with Gasteiger partial charge in [0.05, 0.1) is 18.8 Å². The lowest BCUT2D eigenvalue weighted by atomic mass is 10.1. The summed E-state index contributed by atoms with van der Waals surface area (Å²) >= 11 is 0. The van der Waals surface area contributed by atoms with Gasteiger partial charge in [-0.15, -0.1) is 0 Å². The summed E-state index contributed by atoms with van der Waals surface area (Å²) in [4.78, 5) is 22.6. The van der Waals surface area contributed by atoms with E-state index in [0.717, 1.165) is 28.3 Å². The topological polar surface area (TPSA) is 58.2 Å². The first-order valence-electron chi connectivity index (χ1n) is 9.21. The number of aryl methyl sites for hydroxylation is 2. The Morgan fingerprint density at radius 3 is 2.52 bits per heavy atom. The van der Waals surface area contributed by atoms with E-state index in [1.165, 1.54) is 0 Å². The van der Waals surface area contributed by atoms with Crippen molar-refractivity contribution in [3.8, 4) is 11.3 Å². The molecule has 1 atom stereocenters. The van der Waals surface area contributed by atoms with E-state index in [1.807, 2.05) is 73.3 Å². The summed E-state index contributed by atoms with van der Waals surface area (Å²) < 4.78 is 5.87. The smallest absolute Gasteiger partial charge is 0.254 e. The first kappa shape index (κ1) is 17.5. The van der Waals surface area contributed by atoms with Crippen LogP contribution in [0.2, 0.25) is 0 Å². The standard InChI is InChI=1S/C22H23N3O2/c1-15-21(24-16(2)23-15)18-8-10-19(11-9-18)22(26)25-12-13-27-20(14-25)17-6-4-3-5-7-17/h3-11,20H,12-14H2,1-2H3,(H,23,24)/t20-/m1/s1. The monoisotopic (exact) mass is 361 g/mol. The number of carbonyl (C=O) groups is 1. The lowest BCUT2D eigenvalue weighted by Crippen LogP contribution is -2.42. The number of hydrogen-bond donors (Lipinski definition) is 1. The molecule has 1 aliphatic heterocycles. The van der Waals surface area contributed by atoms with E-state index in [2.05, 4.69) is 9.97 Å². The summed E-state index contributed by atoms with van der Waals surface area (Å²) in [6.07, 6.45) is -0.0714. The number of H-pyrrole nitrogens is 1. The molecule has 27 heavy (non-hydrogen) atoms. The number of carbonyl (C=O) groups excluding carboxylic acids is 1. The number of aromatic nitrogens is 2. The highest BCUT2D eigenvalue weighted by molar-refractivity contribution is 5.94. The van der Waals surface area contributed by atoms with E-state index in [0.29, 0.717) is 25.3 Å². The van der Waals surface area contributed by atoms with Crippen LogP contribution in [0.1, 0.15) is 33.5 Å². The second-order valence-electron chi connectivity index (χ2n) is 6.89. The van der Waals surface area contributed by atoms with Gasteiger partial charge < -0.3 is 14.6 Å². The van der Waals surface area contributed by atoms with Crippen LogP contribution in [0, 0.1) is 13.8 Å². The molecule has 0 spiro atoms. The Morgan fingerprint density at radius 1 is 1.11 bits per heavy atom. The van der Waals surface area contributed by atoms with Gasteiger partial charge in [-0.05, 0) is 31.5 Å². The number of hydrogen-bond acceptors (Lipinski definition) is 3. The lowest BCUT2D eigenvalue weighted by Gasteiger charge is -2.33. The number of benzene rings is 2. The van der Waals surface area contributed by atoms with E-state index >= 15 is 0 Å². The minimum absolute atomic E-state index is 0.0423. The first-order chi connectivity index (χ1) is 13.1. The van der Waals surface area contributed by atoms with Gasteiger partial charge in [0.2, 0.25) is 0 Å². The Balaban J connectivity index is 1.50. The largest absolute Gasteiger partial charge is 0.370 e. The fourth-order valence-electron chi connectivity index (χ4n) is 3.55. The van der Waals surface area contributed by atoms with Crippen LogP contribution in [-0.4, -0.2) is 40.5 Å². The van der Waals surface area contributed by atoms with Crippen molar-refractivity contribution in [3.05, 3.63) is 77.2 Å². The zero-order valence-electron chi connectivity index (χ0n) is 15.6. The molecule has 2 aromatic carbocycles. The Morgan fingerprint density at radius 2 is 1.85 bits per heavy atom. The average molecular weight is 361 g/mol. The summed E-state index contributed by atoms with van der Waals surface area (Å²) in [5.41, 5.74) is 4.78. The predicted octanol–water partition coefficient (Wildman–Crippen LogP) is 3.91. The van der Waals surface area contributed by atoms with Crippen LogP contribution in [0.3, 0.4) is 0 Å². The van der Waals surface area contributed by atoms with Crippen LogP contribution in [-0.2, 0) is 4.74 Å². The average Bonchev–Trinajstić information content (AvgIpc) is 3.06. The van der Waals surface area contributed by atoms with Gasteiger partial charge in [-0.1, -0.05) is 42.5 Å². The van der Waals surface area contributed by atoms with Crippen LogP contribution in [0.4, 0.5) is 0 Å². The molecule has 0 saturated carbocycles. The van der Waals surface area contributed by atoms with Gasteiger partial charge in [-0.3, -0.25) is 4.79 Å². The molecule has 0 aliphatic carbocycles. The Labute approximate surface area is 159 Å². The number of aromatic amines is 1. The van der Waals surface area contributed by atoms with Crippen molar-refractivity contribution in [3.63, 3.8) is 0 Å². The van der Waals surface area contributed by atoms with Crippen molar-refractivity contribution in [2.45, 2.75) is 20.0 Å². The molecule has 1 fully saturated rings. The summed E-state index contributed by atoms with van der Waals surface area (Å²) in [6.45, 7) is 5.68. The van der Waals surface area contributed by atoms with Gasteiger partial charge >= 0.3 is 0 Å². The molecule has 5 nitrogen and oxygen atoms in total. The molecule has 0 bridgehead atoms. The Bertz CT molecular complexity index is 932. The fraction of sp³-hybridized carbons (Fsp3) is 0.273. The van der Waals surface area contributed by atoms with Gasteiger partial charge in [-0.2, -0.15) is 0 Å². The molecule has 5 heteroatoms. The second-order valence-corrected chi connectivity index (χ2v) is 6.89. The summed E-state index contributed by atoms with van der Waals surface area (Å²) in [5.74, 6) is 0.934. The third-order valence-corrected chi connectivity index (χ3v) is 4.93. The normalized spacial score (nSPS) is 17.1. The molecule has 2 heterocycles. The van der Waals surface area contributed by atoms with Gasteiger partial charge in [-0.25, -0.2) is 4.98 Å². The maximum atomic E-state index is 12.9. The minimum atomic E-state index is -0.0714. The van der Waals surface area contributed by atoms with Crippen LogP contribution >= 0.6 is 0 Å². The number of morpholine rings is 1. The van der Waals surface area contributed by atoms with Gasteiger partial charge in [0.1, 0.15) is 11.9 Å². The molecule has 0 radical (unpaired) electrons. The third kappa shape index (κ3) is 3.64. The molecule has 1 amide bonds. The minimum Gasteiger partial charge on any atom is -0.370 e. The predicted molar refractivity (Wildman–Crippen MR) is 105 cm³/mol. The molecule has 1 aliphatic rings. The van der Waals surface area contributed by atoms with Crippen LogP contribution in [0.5, 0.6) is 0 Å². The molecular weight excluding hydrogens is 338 g/mol. The number of ether oxygens (including phenoxy) is 1. The number of nitrogens with zero attached hydrogens (tertiary/aromatic N) is 2. The maximum absolute atomic E-state index is 12.9. The highest BCUT2D eigenvalue weighted by Gasteiger charge is 2.26. The van der Waals surface area contributed by atoms with Crippen molar-refractivity contribution < 1.29 is 9.53 Å². The van der Waals surface area contributed by atoms with Crippen LogP contribution in [0.15, 0.2) is 54.6 Å². The van der Waals surface area contributed by atoms with E-state index in [4.69, 9.17) is 4.74 Å². The lowest BCUT2D eigenvalue weighted by molar-refractivity contribution is -0.0228. The zero-order chi connectivity index (χ0) is 18.8. The number of nitrogens with one attached hydrogen (secondary N) is 1. The first-order valence-corrected chi connectivity index (χ1v) is 9.21. The molecule has 1 aromatic heterocycles. The highest BCUT2D eigenvalue weighted by atomic mass is 16.5. The van der Waals surface area contributed by atoms with Crippen molar-refractivity contribution in [1.29, 1.82) is 0 Å². The van der Waals surface area contributed by atoms with Crippen LogP contribution < -0.4 is 0 Å². The molecular formula is C22H23N3O2. The molecule has 1 saturated heterocycles. The van der Waals surface area contributed by atoms with Crippen LogP contribution in [0.25, 0.3) is 11.3 Å².